The van der Waals surface area contributed by atoms with Gasteiger partial charge < -0.3 is 19.5 Å². The van der Waals surface area contributed by atoms with Crippen molar-refractivity contribution in [1.82, 2.24) is 5.32 Å². The van der Waals surface area contributed by atoms with Gasteiger partial charge in [-0.25, -0.2) is 0 Å². The van der Waals surface area contributed by atoms with Gasteiger partial charge in [0.25, 0.3) is 0 Å². The molecule has 1 atom stereocenters. The standard InChI is InChI=1S/C21H29N3O2/c1-21(2,3)20(25)22-16-18(19-10-7-15-26-19)24-13-11-23(12-14-24)17-8-5-4-6-9-17/h4-10,15,18H,11-14,16H2,1-3H3,(H,22,25)/p+1/t18-/m0/s1. The Balaban J connectivity index is 1.64. The zero-order valence-electron chi connectivity index (χ0n) is 16.0. The highest BCUT2D eigenvalue weighted by Crippen LogP contribution is 2.16. The number of carbonyl (C=O) groups is 1. The van der Waals surface area contributed by atoms with Gasteiger partial charge in [-0.2, -0.15) is 0 Å². The molecule has 0 spiro atoms. The summed E-state index contributed by atoms with van der Waals surface area (Å²) in [5.74, 6) is 1.03. The molecule has 1 aliphatic heterocycles. The first-order chi connectivity index (χ1) is 12.4. The minimum absolute atomic E-state index is 0.0800. The summed E-state index contributed by atoms with van der Waals surface area (Å²) in [6, 6.07) is 14.6. The summed E-state index contributed by atoms with van der Waals surface area (Å²) in [5.41, 5.74) is 0.900. The van der Waals surface area contributed by atoms with E-state index in [1.165, 1.54) is 10.6 Å². The van der Waals surface area contributed by atoms with Gasteiger partial charge in [0.15, 0.2) is 11.8 Å². The number of furan rings is 1. The summed E-state index contributed by atoms with van der Waals surface area (Å²) in [5, 5.41) is 3.12. The topological polar surface area (TPSA) is 49.9 Å². The Morgan fingerprint density at radius 3 is 2.42 bits per heavy atom. The van der Waals surface area contributed by atoms with Gasteiger partial charge in [-0.15, -0.1) is 0 Å². The second-order valence-corrected chi connectivity index (χ2v) is 8.01. The van der Waals surface area contributed by atoms with E-state index in [4.69, 9.17) is 4.42 Å². The number of piperazine rings is 1. The van der Waals surface area contributed by atoms with Crippen molar-refractivity contribution in [2.75, 3.05) is 37.6 Å². The molecule has 0 saturated carbocycles. The molecule has 0 bridgehead atoms. The molecule has 0 radical (unpaired) electrons. The van der Waals surface area contributed by atoms with Crippen LogP contribution < -0.4 is 15.1 Å². The number of nitrogens with one attached hydrogen (secondary N) is 2. The largest absolute Gasteiger partial charge is 0.463 e. The highest BCUT2D eigenvalue weighted by molar-refractivity contribution is 5.81. The number of carbonyl (C=O) groups excluding carboxylic acids is 1. The van der Waals surface area contributed by atoms with E-state index in [1.54, 1.807) is 6.26 Å². The molecular formula is C21H30N3O2+. The van der Waals surface area contributed by atoms with E-state index in [-0.39, 0.29) is 17.4 Å². The summed E-state index contributed by atoms with van der Waals surface area (Å²) >= 11 is 0. The van der Waals surface area contributed by atoms with Crippen LogP contribution >= 0.6 is 0 Å². The van der Waals surface area contributed by atoms with Crippen LogP contribution in [0.25, 0.3) is 0 Å². The number of rotatable bonds is 5. The Bertz CT molecular complexity index is 684. The average Bonchev–Trinajstić information content (AvgIpc) is 3.16. The third kappa shape index (κ3) is 4.47. The molecule has 1 aliphatic rings. The average molecular weight is 356 g/mol. The van der Waals surface area contributed by atoms with Crippen molar-refractivity contribution in [3.8, 4) is 0 Å². The fourth-order valence-corrected chi connectivity index (χ4v) is 3.43. The van der Waals surface area contributed by atoms with E-state index >= 15 is 0 Å². The van der Waals surface area contributed by atoms with E-state index in [0.717, 1.165) is 31.9 Å². The van der Waals surface area contributed by atoms with Gasteiger partial charge in [0, 0.05) is 11.1 Å². The maximum atomic E-state index is 12.3. The highest BCUT2D eigenvalue weighted by Gasteiger charge is 2.32. The number of nitrogens with zero attached hydrogens (tertiary/aromatic N) is 1. The van der Waals surface area contributed by atoms with Crippen molar-refractivity contribution in [2.24, 2.45) is 5.41 Å². The molecule has 1 amide bonds. The van der Waals surface area contributed by atoms with Crippen LogP contribution in [0, 0.1) is 5.41 Å². The van der Waals surface area contributed by atoms with E-state index in [1.807, 2.05) is 32.9 Å². The lowest BCUT2D eigenvalue weighted by atomic mass is 9.95. The van der Waals surface area contributed by atoms with Crippen molar-refractivity contribution >= 4 is 11.6 Å². The van der Waals surface area contributed by atoms with Gasteiger partial charge in [-0.05, 0) is 24.3 Å². The SMILES string of the molecule is CC(C)(C)C(=O)NC[C@@H](c1ccco1)[NH+]1CCN(c2ccccc2)CC1. The van der Waals surface area contributed by atoms with Crippen LogP contribution in [-0.2, 0) is 4.79 Å². The Morgan fingerprint density at radius 2 is 1.85 bits per heavy atom. The molecule has 0 aliphatic carbocycles. The van der Waals surface area contributed by atoms with Crippen LogP contribution in [0.3, 0.4) is 0 Å². The van der Waals surface area contributed by atoms with Gasteiger partial charge in [-0.1, -0.05) is 39.0 Å². The molecule has 1 saturated heterocycles. The number of hydrogen-bond acceptors (Lipinski definition) is 3. The predicted octanol–water partition coefficient (Wildman–Crippen LogP) is 1.89. The lowest BCUT2D eigenvalue weighted by Gasteiger charge is -2.37. The fourth-order valence-electron chi connectivity index (χ4n) is 3.43. The summed E-state index contributed by atoms with van der Waals surface area (Å²) in [7, 11) is 0. The smallest absolute Gasteiger partial charge is 0.225 e. The first-order valence-electron chi connectivity index (χ1n) is 9.41. The Kier molecular flexibility index (Phi) is 5.67. The van der Waals surface area contributed by atoms with E-state index in [9.17, 15) is 4.79 Å². The van der Waals surface area contributed by atoms with E-state index in [2.05, 4.69) is 40.5 Å². The first kappa shape index (κ1) is 18.5. The van der Waals surface area contributed by atoms with Gasteiger partial charge in [-0.3, -0.25) is 4.79 Å². The predicted molar refractivity (Wildman–Crippen MR) is 103 cm³/mol. The highest BCUT2D eigenvalue weighted by atomic mass is 16.3. The molecule has 0 unspecified atom stereocenters. The molecule has 1 aromatic carbocycles. The number of anilines is 1. The number of amides is 1. The molecule has 3 rings (SSSR count). The molecule has 5 heteroatoms. The Morgan fingerprint density at radius 1 is 1.15 bits per heavy atom. The normalized spacial score (nSPS) is 17.1. The molecule has 1 fully saturated rings. The summed E-state index contributed by atoms with van der Waals surface area (Å²) in [6.45, 7) is 10.5. The van der Waals surface area contributed by atoms with Crippen LogP contribution in [0.4, 0.5) is 5.69 Å². The third-order valence-corrected chi connectivity index (χ3v) is 5.05. The Hall–Kier alpha value is -2.27. The monoisotopic (exact) mass is 356 g/mol. The van der Waals surface area contributed by atoms with E-state index in [0.29, 0.717) is 6.54 Å². The molecular weight excluding hydrogens is 326 g/mol. The molecule has 140 valence electrons. The molecule has 1 aromatic heterocycles. The van der Waals surface area contributed by atoms with Crippen LogP contribution in [0.5, 0.6) is 0 Å². The van der Waals surface area contributed by atoms with Crippen molar-refractivity contribution in [3.63, 3.8) is 0 Å². The zero-order chi connectivity index (χ0) is 18.6. The van der Waals surface area contributed by atoms with Crippen molar-refractivity contribution in [3.05, 3.63) is 54.5 Å². The van der Waals surface area contributed by atoms with Crippen molar-refractivity contribution in [2.45, 2.75) is 26.8 Å². The summed E-state index contributed by atoms with van der Waals surface area (Å²) in [6.07, 6.45) is 1.72. The molecule has 2 heterocycles. The third-order valence-electron chi connectivity index (χ3n) is 5.05. The van der Waals surface area contributed by atoms with Crippen molar-refractivity contribution < 1.29 is 14.1 Å². The van der Waals surface area contributed by atoms with Gasteiger partial charge in [0.1, 0.15) is 0 Å². The summed E-state index contributed by atoms with van der Waals surface area (Å²) < 4.78 is 5.69. The number of benzene rings is 1. The van der Waals surface area contributed by atoms with E-state index < -0.39 is 0 Å². The van der Waals surface area contributed by atoms with Crippen LogP contribution in [0.2, 0.25) is 0 Å². The van der Waals surface area contributed by atoms with Crippen LogP contribution in [0.1, 0.15) is 32.6 Å². The number of quaternary nitrogens is 1. The minimum atomic E-state index is -0.380. The molecule has 2 aromatic rings. The molecule has 26 heavy (non-hydrogen) atoms. The van der Waals surface area contributed by atoms with Gasteiger partial charge in [0.05, 0.1) is 39.0 Å². The van der Waals surface area contributed by atoms with Gasteiger partial charge >= 0.3 is 0 Å². The number of hydrogen-bond donors (Lipinski definition) is 2. The maximum Gasteiger partial charge on any atom is 0.225 e. The second-order valence-electron chi connectivity index (χ2n) is 8.01. The number of para-hydroxylation sites is 1. The Labute approximate surface area is 156 Å². The zero-order valence-corrected chi connectivity index (χ0v) is 16.0. The van der Waals surface area contributed by atoms with Gasteiger partial charge in [0.2, 0.25) is 5.91 Å². The first-order valence-corrected chi connectivity index (χ1v) is 9.41. The lowest BCUT2D eigenvalue weighted by Crippen LogP contribution is -3.15. The summed E-state index contributed by atoms with van der Waals surface area (Å²) in [4.78, 5) is 16.2. The molecule has 2 N–H and O–H groups in total. The quantitative estimate of drug-likeness (QED) is 0.860. The minimum Gasteiger partial charge on any atom is -0.463 e. The lowest BCUT2D eigenvalue weighted by molar-refractivity contribution is -0.932. The fraction of sp³-hybridized carbons (Fsp3) is 0.476. The van der Waals surface area contributed by atoms with Crippen LogP contribution in [-0.4, -0.2) is 38.6 Å². The van der Waals surface area contributed by atoms with Crippen molar-refractivity contribution in [1.29, 1.82) is 0 Å². The molecule has 5 nitrogen and oxygen atoms in total. The maximum absolute atomic E-state index is 12.3. The second kappa shape index (κ2) is 7.96. The van der Waals surface area contributed by atoms with Crippen LogP contribution in [0.15, 0.2) is 53.1 Å².